The smallest absolute Gasteiger partial charge is 0.136 e. The molecule has 50 valence electrons. The molecule has 0 aromatic heterocycles. The van der Waals surface area contributed by atoms with Crippen molar-refractivity contribution >= 4 is 5.71 Å². The normalized spacial score (nSPS) is 47.8. The van der Waals surface area contributed by atoms with Gasteiger partial charge in [-0.05, 0) is 13.8 Å². The predicted octanol–water partition coefficient (Wildman–Crippen LogP) is -0.00270. The first-order valence-corrected chi connectivity index (χ1v) is 3.27. The Hall–Kier alpha value is -0.410. The second kappa shape index (κ2) is 1.36. The van der Waals surface area contributed by atoms with E-state index in [1.165, 1.54) is 5.71 Å². The van der Waals surface area contributed by atoms with Crippen molar-refractivity contribution in [3.63, 3.8) is 0 Å². The van der Waals surface area contributed by atoms with Crippen LogP contribution in [0.25, 0.3) is 0 Å². The second-order valence-corrected chi connectivity index (χ2v) is 2.99. The fourth-order valence-corrected chi connectivity index (χ4v) is 1.25. The van der Waals surface area contributed by atoms with Gasteiger partial charge in [0.1, 0.15) is 5.66 Å². The molecule has 2 aliphatic rings. The van der Waals surface area contributed by atoms with Crippen LogP contribution in [0.15, 0.2) is 4.99 Å². The van der Waals surface area contributed by atoms with Crippen molar-refractivity contribution in [3.8, 4) is 0 Å². The van der Waals surface area contributed by atoms with E-state index in [4.69, 9.17) is 0 Å². The summed E-state index contributed by atoms with van der Waals surface area (Å²) in [7, 11) is 0. The zero-order chi connectivity index (χ0) is 6.48. The Balaban J connectivity index is 2.25. The summed E-state index contributed by atoms with van der Waals surface area (Å²) in [6.45, 7) is 6.20. The van der Waals surface area contributed by atoms with Crippen LogP contribution in [-0.2, 0) is 0 Å². The first-order valence-electron chi connectivity index (χ1n) is 3.27. The van der Waals surface area contributed by atoms with Gasteiger partial charge in [-0.15, -0.1) is 0 Å². The van der Waals surface area contributed by atoms with Gasteiger partial charge in [-0.3, -0.25) is 4.99 Å². The number of hydrogen-bond acceptors (Lipinski definition) is 3. The lowest BCUT2D eigenvalue weighted by atomic mass is 10.3. The Bertz CT molecular complexity index is 175. The van der Waals surface area contributed by atoms with E-state index >= 15 is 0 Å². The average Bonchev–Trinajstić information content (AvgIpc) is 2.38. The van der Waals surface area contributed by atoms with Crippen LogP contribution < -0.4 is 5.43 Å². The molecule has 1 saturated heterocycles. The fraction of sp³-hybridized carbons (Fsp3) is 0.833. The van der Waals surface area contributed by atoms with Crippen molar-refractivity contribution in [1.29, 1.82) is 0 Å². The molecular formula is C6H11N3. The molecule has 0 aromatic rings. The third-order valence-electron chi connectivity index (χ3n) is 1.89. The Morgan fingerprint density at radius 3 is 3.11 bits per heavy atom. The van der Waals surface area contributed by atoms with Gasteiger partial charge in [-0.1, -0.05) is 0 Å². The highest BCUT2D eigenvalue weighted by Crippen LogP contribution is 2.32. The van der Waals surface area contributed by atoms with Gasteiger partial charge in [0.25, 0.3) is 0 Å². The third kappa shape index (κ3) is 0.686. The molecule has 1 fully saturated rings. The minimum absolute atomic E-state index is 0.127. The summed E-state index contributed by atoms with van der Waals surface area (Å²) in [4.78, 5) is 4.47. The molecule has 1 N–H and O–H groups in total. The predicted molar refractivity (Wildman–Crippen MR) is 36.2 cm³/mol. The first kappa shape index (κ1) is 5.38. The van der Waals surface area contributed by atoms with E-state index in [-0.39, 0.29) is 5.66 Å². The maximum atomic E-state index is 4.47. The van der Waals surface area contributed by atoms with Crippen molar-refractivity contribution in [2.24, 2.45) is 4.99 Å². The van der Waals surface area contributed by atoms with E-state index in [9.17, 15) is 0 Å². The van der Waals surface area contributed by atoms with Gasteiger partial charge in [0.15, 0.2) is 0 Å². The summed E-state index contributed by atoms with van der Waals surface area (Å²) in [5.41, 5.74) is 4.59. The molecule has 0 aromatic carbocycles. The number of fused-ring (bicyclic) bond motifs is 1. The van der Waals surface area contributed by atoms with Crippen LogP contribution >= 0.6 is 0 Å². The lowest BCUT2D eigenvalue weighted by Gasteiger charge is -2.16. The molecule has 2 atom stereocenters. The van der Waals surface area contributed by atoms with E-state index in [2.05, 4.69) is 29.3 Å². The second-order valence-electron chi connectivity index (χ2n) is 2.99. The van der Waals surface area contributed by atoms with Crippen molar-refractivity contribution in [2.75, 3.05) is 13.1 Å². The summed E-state index contributed by atoms with van der Waals surface area (Å²) >= 11 is 0. The molecule has 2 unspecified atom stereocenters. The minimum Gasteiger partial charge on any atom is -0.268 e. The van der Waals surface area contributed by atoms with E-state index in [0.29, 0.717) is 0 Å². The van der Waals surface area contributed by atoms with Crippen LogP contribution in [0.5, 0.6) is 0 Å². The molecule has 9 heavy (non-hydrogen) atoms. The van der Waals surface area contributed by atoms with E-state index < -0.39 is 0 Å². The summed E-state index contributed by atoms with van der Waals surface area (Å²) in [6.07, 6.45) is 0. The van der Waals surface area contributed by atoms with Crippen molar-refractivity contribution in [2.45, 2.75) is 19.5 Å². The van der Waals surface area contributed by atoms with Gasteiger partial charge < -0.3 is 0 Å². The van der Waals surface area contributed by atoms with Crippen LogP contribution in [0.4, 0.5) is 0 Å². The first-order chi connectivity index (χ1) is 4.21. The van der Waals surface area contributed by atoms with Gasteiger partial charge in [0.2, 0.25) is 0 Å². The zero-order valence-electron chi connectivity index (χ0n) is 5.81. The molecule has 0 spiro atoms. The molecule has 0 bridgehead atoms. The maximum Gasteiger partial charge on any atom is 0.136 e. The highest BCUT2D eigenvalue weighted by molar-refractivity contribution is 5.85. The molecule has 0 amide bonds. The molecule has 2 aliphatic heterocycles. The fourth-order valence-electron chi connectivity index (χ4n) is 1.25. The molecule has 0 radical (unpaired) electrons. The van der Waals surface area contributed by atoms with E-state index in [1.54, 1.807) is 0 Å². The standard InChI is InChI=1S/C6H11N3/c1-5-3-7-9-4-6(9,2)8-5/h7H,3-4H2,1-2H3. The highest BCUT2D eigenvalue weighted by atomic mass is 15.7. The number of nitrogens with zero attached hydrogens (tertiary/aromatic N) is 2. The largest absolute Gasteiger partial charge is 0.268 e. The van der Waals surface area contributed by atoms with Crippen LogP contribution in [0.3, 0.4) is 0 Å². The van der Waals surface area contributed by atoms with Crippen molar-refractivity contribution in [3.05, 3.63) is 0 Å². The maximum absolute atomic E-state index is 4.47. The van der Waals surface area contributed by atoms with Crippen LogP contribution in [-0.4, -0.2) is 29.5 Å². The van der Waals surface area contributed by atoms with Crippen LogP contribution in [0.1, 0.15) is 13.8 Å². The number of rotatable bonds is 0. The van der Waals surface area contributed by atoms with Crippen LogP contribution in [0.2, 0.25) is 0 Å². The van der Waals surface area contributed by atoms with E-state index in [0.717, 1.165) is 13.1 Å². The molecule has 0 aliphatic carbocycles. The summed E-state index contributed by atoms with van der Waals surface area (Å²) in [5, 5.41) is 2.15. The number of hydrogen-bond donors (Lipinski definition) is 1. The average molecular weight is 125 g/mol. The highest BCUT2D eigenvalue weighted by Gasteiger charge is 2.49. The number of nitrogens with one attached hydrogen (secondary N) is 1. The summed E-state index contributed by atoms with van der Waals surface area (Å²) in [5.74, 6) is 0. The third-order valence-corrected chi connectivity index (χ3v) is 1.89. The van der Waals surface area contributed by atoms with Crippen molar-refractivity contribution < 1.29 is 0 Å². The van der Waals surface area contributed by atoms with Crippen molar-refractivity contribution in [1.82, 2.24) is 10.4 Å². The minimum atomic E-state index is 0.127. The Kier molecular flexibility index (Phi) is 0.811. The SMILES string of the molecule is CC1=NC2(C)CN2NC1. The zero-order valence-corrected chi connectivity index (χ0v) is 5.81. The Morgan fingerprint density at radius 1 is 1.78 bits per heavy atom. The lowest BCUT2D eigenvalue weighted by Crippen LogP contribution is -2.36. The summed E-state index contributed by atoms with van der Waals surface area (Å²) in [6, 6.07) is 0. The molecule has 2 rings (SSSR count). The molecule has 0 saturated carbocycles. The number of aliphatic imine (C=N–C) groups is 1. The molecular weight excluding hydrogens is 114 g/mol. The number of hydrazine groups is 1. The molecule has 2 heterocycles. The van der Waals surface area contributed by atoms with Gasteiger partial charge in [0, 0.05) is 12.3 Å². The van der Waals surface area contributed by atoms with Gasteiger partial charge in [0.05, 0.1) is 6.54 Å². The van der Waals surface area contributed by atoms with Gasteiger partial charge in [-0.25, -0.2) is 10.4 Å². The Labute approximate surface area is 54.7 Å². The summed E-state index contributed by atoms with van der Waals surface area (Å²) < 4.78 is 0. The van der Waals surface area contributed by atoms with Crippen LogP contribution in [0, 0.1) is 0 Å². The topological polar surface area (TPSA) is 27.4 Å². The van der Waals surface area contributed by atoms with E-state index in [1.807, 2.05) is 0 Å². The lowest BCUT2D eigenvalue weighted by molar-refractivity contribution is 0.331. The quantitative estimate of drug-likeness (QED) is 0.461. The van der Waals surface area contributed by atoms with Gasteiger partial charge >= 0.3 is 0 Å². The monoisotopic (exact) mass is 125 g/mol. The Morgan fingerprint density at radius 2 is 2.56 bits per heavy atom. The molecule has 3 nitrogen and oxygen atoms in total. The molecule has 3 heteroatoms. The van der Waals surface area contributed by atoms with Gasteiger partial charge in [-0.2, -0.15) is 0 Å².